The summed E-state index contributed by atoms with van der Waals surface area (Å²) in [6, 6.07) is 21.9. The molecule has 0 aliphatic carbocycles. The number of aromatic nitrogens is 3. The fraction of sp³-hybridized carbons (Fsp3) is 0.115. The second kappa shape index (κ2) is 12.2. The number of hydrogen-bond acceptors (Lipinski definition) is 8. The van der Waals surface area contributed by atoms with Gasteiger partial charge in [-0.15, -0.1) is 10.2 Å². The minimum Gasteiger partial charge on any atom is -0.493 e. The summed E-state index contributed by atoms with van der Waals surface area (Å²) in [4.78, 5) is 23.7. The number of benzene rings is 3. The molecule has 188 valence electrons. The molecule has 4 aromatic rings. The van der Waals surface area contributed by atoms with Gasteiger partial charge in [0.15, 0.2) is 22.5 Å². The maximum absolute atomic E-state index is 12.5. The van der Waals surface area contributed by atoms with E-state index in [1.807, 2.05) is 47.0 Å². The molecule has 0 saturated heterocycles. The molecule has 0 bridgehead atoms. The Morgan fingerprint density at radius 3 is 2.51 bits per heavy atom. The topological polar surface area (TPSA) is 108 Å². The SMILES string of the molecule is COc1cc(C=NNC(=O)CSc2nnc(-c3ccc(Cl)cc3)n2-c2ccccc2)ccc1OC(C)=O. The van der Waals surface area contributed by atoms with Crippen LogP contribution in [-0.2, 0) is 9.59 Å². The van der Waals surface area contributed by atoms with Crippen molar-refractivity contribution in [2.24, 2.45) is 5.10 Å². The maximum atomic E-state index is 12.5. The molecule has 0 saturated carbocycles. The number of rotatable bonds is 9. The average molecular weight is 536 g/mol. The minimum absolute atomic E-state index is 0.0671. The van der Waals surface area contributed by atoms with E-state index in [2.05, 4.69) is 20.7 Å². The molecule has 0 aliphatic heterocycles. The predicted octanol–water partition coefficient (Wildman–Crippen LogP) is 4.76. The van der Waals surface area contributed by atoms with Crippen molar-refractivity contribution < 1.29 is 19.1 Å². The molecule has 0 atom stereocenters. The molecule has 1 aromatic heterocycles. The lowest BCUT2D eigenvalue weighted by atomic mass is 10.2. The van der Waals surface area contributed by atoms with Gasteiger partial charge in [0.25, 0.3) is 5.91 Å². The highest BCUT2D eigenvalue weighted by molar-refractivity contribution is 7.99. The Labute approximate surface area is 222 Å². The average Bonchev–Trinajstić information content (AvgIpc) is 3.33. The van der Waals surface area contributed by atoms with Gasteiger partial charge in [-0.3, -0.25) is 14.2 Å². The van der Waals surface area contributed by atoms with Crippen LogP contribution in [0.1, 0.15) is 12.5 Å². The van der Waals surface area contributed by atoms with E-state index in [0.717, 1.165) is 11.3 Å². The van der Waals surface area contributed by atoms with E-state index in [0.29, 0.717) is 33.1 Å². The van der Waals surface area contributed by atoms with Gasteiger partial charge in [0.05, 0.1) is 19.1 Å². The van der Waals surface area contributed by atoms with Crippen molar-refractivity contribution in [3.05, 3.63) is 83.4 Å². The zero-order valence-electron chi connectivity index (χ0n) is 19.9. The van der Waals surface area contributed by atoms with Crippen LogP contribution in [0, 0.1) is 0 Å². The van der Waals surface area contributed by atoms with E-state index in [4.69, 9.17) is 21.1 Å². The van der Waals surface area contributed by atoms with E-state index in [9.17, 15) is 9.59 Å². The smallest absolute Gasteiger partial charge is 0.308 e. The van der Waals surface area contributed by atoms with E-state index < -0.39 is 5.97 Å². The molecular weight excluding hydrogens is 514 g/mol. The fourth-order valence-electron chi connectivity index (χ4n) is 3.30. The van der Waals surface area contributed by atoms with E-state index in [1.165, 1.54) is 32.0 Å². The number of amides is 1. The highest BCUT2D eigenvalue weighted by Gasteiger charge is 2.17. The lowest BCUT2D eigenvalue weighted by molar-refractivity contribution is -0.132. The third-order valence-corrected chi connectivity index (χ3v) is 6.11. The second-order valence-electron chi connectivity index (χ2n) is 7.57. The molecule has 3 aromatic carbocycles. The van der Waals surface area contributed by atoms with Crippen LogP contribution >= 0.6 is 23.4 Å². The molecule has 4 rings (SSSR count). The van der Waals surface area contributed by atoms with E-state index in [-0.39, 0.29) is 11.7 Å². The molecule has 9 nitrogen and oxygen atoms in total. The maximum Gasteiger partial charge on any atom is 0.308 e. The highest BCUT2D eigenvalue weighted by Crippen LogP contribution is 2.29. The van der Waals surface area contributed by atoms with Crippen molar-refractivity contribution >= 4 is 41.5 Å². The largest absolute Gasteiger partial charge is 0.493 e. The summed E-state index contributed by atoms with van der Waals surface area (Å²) in [7, 11) is 1.47. The number of esters is 1. The number of nitrogens with one attached hydrogen (secondary N) is 1. The Morgan fingerprint density at radius 2 is 1.81 bits per heavy atom. The molecular formula is C26H22ClN5O4S. The molecule has 0 spiro atoms. The first-order chi connectivity index (χ1) is 17.9. The summed E-state index contributed by atoms with van der Waals surface area (Å²) in [5.41, 5.74) is 4.86. The van der Waals surface area contributed by atoms with Gasteiger partial charge in [-0.1, -0.05) is 41.6 Å². The van der Waals surface area contributed by atoms with Crippen molar-refractivity contribution in [1.29, 1.82) is 0 Å². The molecule has 0 radical (unpaired) electrons. The Morgan fingerprint density at radius 1 is 1.05 bits per heavy atom. The van der Waals surface area contributed by atoms with Gasteiger partial charge in [0, 0.05) is 23.2 Å². The number of hydrogen-bond donors (Lipinski definition) is 1. The van der Waals surface area contributed by atoms with Crippen LogP contribution in [0.4, 0.5) is 0 Å². The third kappa shape index (κ3) is 6.75. The molecule has 0 fully saturated rings. The number of methoxy groups -OCH3 is 1. The third-order valence-electron chi connectivity index (χ3n) is 4.93. The Bertz CT molecular complexity index is 1420. The summed E-state index contributed by atoms with van der Waals surface area (Å²) in [5.74, 6) is 0.603. The molecule has 37 heavy (non-hydrogen) atoms. The van der Waals surface area contributed by atoms with Gasteiger partial charge < -0.3 is 9.47 Å². The van der Waals surface area contributed by atoms with E-state index in [1.54, 1.807) is 30.3 Å². The van der Waals surface area contributed by atoms with Gasteiger partial charge >= 0.3 is 5.97 Å². The lowest BCUT2D eigenvalue weighted by Crippen LogP contribution is -2.20. The summed E-state index contributed by atoms with van der Waals surface area (Å²) in [6.45, 7) is 1.31. The van der Waals surface area contributed by atoms with Crippen molar-refractivity contribution in [3.8, 4) is 28.6 Å². The molecule has 1 heterocycles. The van der Waals surface area contributed by atoms with Crippen molar-refractivity contribution in [2.75, 3.05) is 12.9 Å². The Balaban J connectivity index is 1.44. The second-order valence-corrected chi connectivity index (χ2v) is 8.95. The number of hydrazone groups is 1. The highest BCUT2D eigenvalue weighted by atomic mass is 35.5. The first kappa shape index (κ1) is 25.9. The number of carbonyl (C=O) groups excluding carboxylic acids is 2. The zero-order chi connectivity index (χ0) is 26.2. The summed E-state index contributed by atoms with van der Waals surface area (Å²) >= 11 is 7.28. The van der Waals surface area contributed by atoms with Gasteiger partial charge in [-0.05, 0) is 60.2 Å². The minimum atomic E-state index is -0.451. The Kier molecular flexibility index (Phi) is 8.55. The van der Waals surface area contributed by atoms with Crippen LogP contribution in [0.5, 0.6) is 11.5 Å². The number of halogens is 1. The molecule has 0 aliphatic rings. The first-order valence-electron chi connectivity index (χ1n) is 11.0. The molecule has 0 unspecified atom stereocenters. The molecule has 1 amide bonds. The quantitative estimate of drug-likeness (QED) is 0.108. The molecule has 11 heteroatoms. The zero-order valence-corrected chi connectivity index (χ0v) is 21.5. The number of ether oxygens (including phenoxy) is 2. The molecule has 1 N–H and O–H groups in total. The standard InChI is InChI=1S/C26H22ClN5O4S/c1-17(33)36-22-13-8-18(14-23(22)35-2)15-28-29-24(34)16-37-26-31-30-25(19-9-11-20(27)12-10-19)32(26)21-6-4-3-5-7-21/h3-15H,16H2,1-2H3,(H,29,34). The normalized spacial score (nSPS) is 10.9. The van der Waals surface area contributed by atoms with Crippen LogP contribution in [0.3, 0.4) is 0 Å². The van der Waals surface area contributed by atoms with Crippen LogP contribution in [0.2, 0.25) is 5.02 Å². The van der Waals surface area contributed by atoms with E-state index >= 15 is 0 Å². The van der Waals surface area contributed by atoms with Gasteiger partial charge in [0.1, 0.15) is 0 Å². The number of carbonyl (C=O) groups is 2. The summed E-state index contributed by atoms with van der Waals surface area (Å²) in [6.07, 6.45) is 1.47. The van der Waals surface area contributed by atoms with Gasteiger partial charge in [-0.2, -0.15) is 5.10 Å². The number of para-hydroxylation sites is 1. The number of nitrogens with zero attached hydrogens (tertiary/aromatic N) is 4. The fourth-order valence-corrected chi connectivity index (χ4v) is 4.17. The monoisotopic (exact) mass is 535 g/mol. The van der Waals surface area contributed by atoms with Gasteiger partial charge in [-0.25, -0.2) is 5.43 Å². The van der Waals surface area contributed by atoms with Crippen molar-refractivity contribution in [3.63, 3.8) is 0 Å². The number of thioether (sulfide) groups is 1. The lowest BCUT2D eigenvalue weighted by Gasteiger charge is -2.10. The van der Waals surface area contributed by atoms with Crippen LogP contribution < -0.4 is 14.9 Å². The van der Waals surface area contributed by atoms with Crippen LogP contribution in [-0.4, -0.2) is 45.7 Å². The summed E-state index contributed by atoms with van der Waals surface area (Å²) in [5, 5.41) is 13.9. The van der Waals surface area contributed by atoms with Crippen LogP contribution in [0.25, 0.3) is 17.1 Å². The van der Waals surface area contributed by atoms with Gasteiger partial charge in [0.2, 0.25) is 0 Å². The Hall–Kier alpha value is -4.15. The van der Waals surface area contributed by atoms with Crippen molar-refractivity contribution in [2.45, 2.75) is 12.1 Å². The summed E-state index contributed by atoms with van der Waals surface area (Å²) < 4.78 is 12.2. The van der Waals surface area contributed by atoms with Crippen LogP contribution in [0.15, 0.2) is 83.1 Å². The predicted molar refractivity (Wildman–Crippen MR) is 143 cm³/mol. The first-order valence-corrected chi connectivity index (χ1v) is 12.4. The van der Waals surface area contributed by atoms with Crippen molar-refractivity contribution in [1.82, 2.24) is 20.2 Å².